The van der Waals surface area contributed by atoms with E-state index in [1.807, 2.05) is 0 Å². The van der Waals surface area contributed by atoms with E-state index in [1.165, 1.54) is 19.3 Å². The molecule has 1 saturated carbocycles. The number of carbonyl (C=O) groups excluding carboxylic acids is 1. The first-order valence-electron chi connectivity index (χ1n) is 7.77. The Balaban J connectivity index is 1.79. The maximum atomic E-state index is 12.1. The van der Waals surface area contributed by atoms with Crippen molar-refractivity contribution >= 4 is 5.91 Å². The molecule has 2 N–H and O–H groups in total. The number of morpholine rings is 1. The van der Waals surface area contributed by atoms with Gasteiger partial charge in [0.25, 0.3) is 0 Å². The standard InChI is InChI=1S/C15H28N2O2/c1-11(2)13-5-3-4-6-14(13)17-15(18)9-12-10-19-8-7-16-12/h11-14,16H,3-10H2,1-2H3,(H,17,18). The first-order valence-corrected chi connectivity index (χ1v) is 7.77. The van der Waals surface area contributed by atoms with Crippen molar-refractivity contribution in [2.24, 2.45) is 11.8 Å². The van der Waals surface area contributed by atoms with Gasteiger partial charge in [0.2, 0.25) is 5.91 Å². The van der Waals surface area contributed by atoms with Crippen LogP contribution in [0, 0.1) is 11.8 Å². The first kappa shape index (κ1) is 14.8. The molecule has 0 aromatic rings. The van der Waals surface area contributed by atoms with Crippen molar-refractivity contribution in [2.75, 3.05) is 19.8 Å². The number of hydrogen-bond acceptors (Lipinski definition) is 3. The molecule has 3 atom stereocenters. The zero-order valence-electron chi connectivity index (χ0n) is 12.3. The lowest BCUT2D eigenvalue weighted by atomic mass is 9.78. The van der Waals surface area contributed by atoms with Gasteiger partial charge in [0.1, 0.15) is 0 Å². The number of carbonyl (C=O) groups is 1. The molecule has 4 heteroatoms. The lowest BCUT2D eigenvalue weighted by molar-refractivity contribution is -0.123. The molecule has 1 heterocycles. The zero-order valence-corrected chi connectivity index (χ0v) is 12.3. The maximum Gasteiger partial charge on any atom is 0.221 e. The normalized spacial score (nSPS) is 32.3. The molecule has 0 aromatic heterocycles. The quantitative estimate of drug-likeness (QED) is 0.816. The summed E-state index contributed by atoms with van der Waals surface area (Å²) in [5.74, 6) is 1.48. The topological polar surface area (TPSA) is 50.4 Å². The van der Waals surface area contributed by atoms with Gasteiger partial charge in [0, 0.05) is 25.0 Å². The smallest absolute Gasteiger partial charge is 0.221 e. The molecular weight excluding hydrogens is 240 g/mol. The van der Waals surface area contributed by atoms with Crippen LogP contribution in [-0.4, -0.2) is 37.7 Å². The average molecular weight is 268 g/mol. The van der Waals surface area contributed by atoms with Crippen LogP contribution < -0.4 is 10.6 Å². The lowest BCUT2D eigenvalue weighted by Crippen LogP contribution is -2.48. The molecule has 2 fully saturated rings. The Morgan fingerprint density at radius 3 is 2.84 bits per heavy atom. The maximum absolute atomic E-state index is 12.1. The average Bonchev–Trinajstić information content (AvgIpc) is 2.40. The Morgan fingerprint density at radius 2 is 2.16 bits per heavy atom. The Kier molecular flexibility index (Phi) is 5.64. The van der Waals surface area contributed by atoms with Crippen molar-refractivity contribution in [3.05, 3.63) is 0 Å². The predicted molar refractivity (Wildman–Crippen MR) is 76.0 cm³/mol. The summed E-state index contributed by atoms with van der Waals surface area (Å²) in [7, 11) is 0. The third kappa shape index (κ3) is 4.46. The number of rotatable bonds is 4. The summed E-state index contributed by atoms with van der Waals surface area (Å²) >= 11 is 0. The van der Waals surface area contributed by atoms with E-state index in [2.05, 4.69) is 24.5 Å². The molecule has 0 spiro atoms. The van der Waals surface area contributed by atoms with Crippen LogP contribution in [0.25, 0.3) is 0 Å². The van der Waals surface area contributed by atoms with Crippen molar-refractivity contribution in [3.63, 3.8) is 0 Å². The minimum Gasteiger partial charge on any atom is -0.378 e. The van der Waals surface area contributed by atoms with E-state index in [0.717, 1.165) is 19.6 Å². The molecule has 110 valence electrons. The van der Waals surface area contributed by atoms with E-state index in [-0.39, 0.29) is 11.9 Å². The van der Waals surface area contributed by atoms with Crippen molar-refractivity contribution in [1.29, 1.82) is 0 Å². The highest BCUT2D eigenvalue weighted by Gasteiger charge is 2.29. The molecule has 1 aliphatic heterocycles. The van der Waals surface area contributed by atoms with Gasteiger partial charge in [-0.3, -0.25) is 4.79 Å². The molecule has 0 bridgehead atoms. The Labute approximate surface area is 116 Å². The van der Waals surface area contributed by atoms with Crippen LogP contribution >= 0.6 is 0 Å². The van der Waals surface area contributed by atoms with E-state index < -0.39 is 0 Å². The largest absolute Gasteiger partial charge is 0.378 e. The second kappa shape index (κ2) is 7.25. The van der Waals surface area contributed by atoms with Crippen LogP contribution in [0.2, 0.25) is 0 Å². The third-order valence-electron chi connectivity index (χ3n) is 4.45. The van der Waals surface area contributed by atoms with Crippen LogP contribution in [0.4, 0.5) is 0 Å². The molecule has 1 aliphatic carbocycles. The monoisotopic (exact) mass is 268 g/mol. The number of hydrogen-bond donors (Lipinski definition) is 2. The SMILES string of the molecule is CC(C)C1CCCCC1NC(=O)CC1COCCN1. The van der Waals surface area contributed by atoms with Gasteiger partial charge in [0.05, 0.1) is 13.2 Å². The predicted octanol–water partition coefficient (Wildman–Crippen LogP) is 1.70. The number of amides is 1. The Bertz CT molecular complexity index is 288. The molecular formula is C15H28N2O2. The zero-order chi connectivity index (χ0) is 13.7. The van der Waals surface area contributed by atoms with Gasteiger partial charge < -0.3 is 15.4 Å². The van der Waals surface area contributed by atoms with E-state index in [0.29, 0.717) is 30.9 Å². The molecule has 1 saturated heterocycles. The fraction of sp³-hybridized carbons (Fsp3) is 0.933. The number of ether oxygens (including phenoxy) is 1. The highest BCUT2D eigenvalue weighted by atomic mass is 16.5. The van der Waals surface area contributed by atoms with Crippen LogP contribution in [-0.2, 0) is 9.53 Å². The van der Waals surface area contributed by atoms with Crippen LogP contribution in [0.5, 0.6) is 0 Å². The van der Waals surface area contributed by atoms with Crippen LogP contribution in [0.1, 0.15) is 46.0 Å². The summed E-state index contributed by atoms with van der Waals surface area (Å²) in [5.41, 5.74) is 0. The second-order valence-electron chi connectivity index (χ2n) is 6.30. The summed E-state index contributed by atoms with van der Waals surface area (Å²) < 4.78 is 5.39. The molecule has 2 rings (SSSR count). The van der Waals surface area contributed by atoms with Crippen LogP contribution in [0.3, 0.4) is 0 Å². The first-order chi connectivity index (χ1) is 9.16. The summed E-state index contributed by atoms with van der Waals surface area (Å²) in [6.45, 7) is 6.81. The fourth-order valence-electron chi connectivity index (χ4n) is 3.38. The highest BCUT2D eigenvalue weighted by molar-refractivity contribution is 5.77. The number of nitrogens with one attached hydrogen (secondary N) is 2. The molecule has 3 unspecified atom stereocenters. The minimum atomic E-state index is 0.181. The van der Waals surface area contributed by atoms with E-state index in [1.54, 1.807) is 0 Å². The van der Waals surface area contributed by atoms with Gasteiger partial charge in [-0.2, -0.15) is 0 Å². The second-order valence-corrected chi connectivity index (χ2v) is 6.30. The molecule has 0 radical (unpaired) electrons. The summed E-state index contributed by atoms with van der Waals surface area (Å²) in [5, 5.41) is 6.60. The minimum absolute atomic E-state index is 0.181. The van der Waals surface area contributed by atoms with E-state index >= 15 is 0 Å². The molecule has 2 aliphatic rings. The Hall–Kier alpha value is -0.610. The van der Waals surface area contributed by atoms with Gasteiger partial charge in [-0.05, 0) is 24.7 Å². The van der Waals surface area contributed by atoms with E-state index in [9.17, 15) is 4.79 Å². The van der Waals surface area contributed by atoms with Gasteiger partial charge in [-0.25, -0.2) is 0 Å². The molecule has 19 heavy (non-hydrogen) atoms. The summed E-state index contributed by atoms with van der Waals surface area (Å²) in [6.07, 6.45) is 5.50. The fourth-order valence-corrected chi connectivity index (χ4v) is 3.38. The van der Waals surface area contributed by atoms with Gasteiger partial charge in [-0.1, -0.05) is 26.7 Å². The van der Waals surface area contributed by atoms with Crippen molar-refractivity contribution in [3.8, 4) is 0 Å². The third-order valence-corrected chi connectivity index (χ3v) is 4.45. The molecule has 1 amide bonds. The summed E-state index contributed by atoms with van der Waals surface area (Å²) in [4.78, 5) is 12.1. The Morgan fingerprint density at radius 1 is 1.37 bits per heavy atom. The summed E-state index contributed by atoms with van der Waals surface area (Å²) in [6, 6.07) is 0.570. The molecule has 4 nitrogen and oxygen atoms in total. The van der Waals surface area contributed by atoms with Crippen LogP contribution in [0.15, 0.2) is 0 Å². The van der Waals surface area contributed by atoms with Gasteiger partial charge in [-0.15, -0.1) is 0 Å². The van der Waals surface area contributed by atoms with Gasteiger partial charge in [0.15, 0.2) is 0 Å². The molecule has 0 aromatic carbocycles. The van der Waals surface area contributed by atoms with Crippen molar-refractivity contribution in [2.45, 2.75) is 58.0 Å². The van der Waals surface area contributed by atoms with Gasteiger partial charge >= 0.3 is 0 Å². The van der Waals surface area contributed by atoms with Crippen molar-refractivity contribution < 1.29 is 9.53 Å². The highest BCUT2D eigenvalue weighted by Crippen LogP contribution is 2.30. The van der Waals surface area contributed by atoms with E-state index in [4.69, 9.17) is 4.74 Å². The van der Waals surface area contributed by atoms with Crippen molar-refractivity contribution in [1.82, 2.24) is 10.6 Å². The lowest BCUT2D eigenvalue weighted by Gasteiger charge is -2.35.